The molecule has 1 heterocycles. The maximum Gasteiger partial charge on any atom is 0.269 e. The Bertz CT molecular complexity index is 723. The van der Waals surface area contributed by atoms with Crippen molar-refractivity contribution in [3.8, 4) is 5.75 Å². The summed E-state index contributed by atoms with van der Waals surface area (Å²) in [4.78, 5) is 15.2. The highest BCUT2D eigenvalue weighted by molar-refractivity contribution is 5.33. The molecule has 1 aliphatic heterocycles. The van der Waals surface area contributed by atoms with Crippen molar-refractivity contribution in [1.29, 1.82) is 0 Å². The number of likely N-dealkylation sites (N-methyl/N-ethyl adjacent to an activating group) is 1. The zero-order valence-electron chi connectivity index (χ0n) is 15.8. The summed E-state index contributed by atoms with van der Waals surface area (Å²) in [7, 11) is 2.18. The minimum Gasteiger partial charge on any atom is -0.489 e. The van der Waals surface area contributed by atoms with Crippen LogP contribution in [0.15, 0.2) is 48.5 Å². The Morgan fingerprint density at radius 1 is 0.963 bits per heavy atom. The van der Waals surface area contributed by atoms with Crippen LogP contribution in [0.4, 0.5) is 5.69 Å². The Balaban J connectivity index is 1.40. The smallest absolute Gasteiger partial charge is 0.269 e. The molecule has 0 atom stereocenters. The topological polar surface area (TPSA) is 58.8 Å². The zero-order chi connectivity index (χ0) is 19.1. The lowest BCUT2D eigenvalue weighted by Crippen LogP contribution is -2.44. The first-order chi connectivity index (χ1) is 13.1. The van der Waals surface area contributed by atoms with Crippen molar-refractivity contribution in [2.75, 3.05) is 39.8 Å². The lowest BCUT2D eigenvalue weighted by atomic mass is 10.1. The summed E-state index contributed by atoms with van der Waals surface area (Å²) in [5.74, 6) is 0.816. The SMILES string of the molecule is CN1CCN(CCCc2ccc(OCc3ccc([N+](=O)[O-])cc3)cc2)CC1. The second kappa shape index (κ2) is 9.48. The van der Waals surface area contributed by atoms with Crippen LogP contribution in [-0.2, 0) is 13.0 Å². The van der Waals surface area contributed by atoms with Gasteiger partial charge in [0, 0.05) is 38.3 Å². The van der Waals surface area contributed by atoms with Gasteiger partial charge < -0.3 is 14.5 Å². The summed E-state index contributed by atoms with van der Waals surface area (Å²) in [5.41, 5.74) is 2.34. The van der Waals surface area contributed by atoms with Gasteiger partial charge in [-0.05, 0) is 61.8 Å². The lowest BCUT2D eigenvalue weighted by Gasteiger charge is -2.32. The standard InChI is InChI=1S/C21H27N3O3/c1-22-13-15-23(16-14-22)12-2-3-18-6-10-21(11-7-18)27-17-19-4-8-20(9-5-19)24(25)26/h4-11H,2-3,12-17H2,1H3. The van der Waals surface area contributed by atoms with Gasteiger partial charge in [-0.25, -0.2) is 0 Å². The molecule has 2 aromatic rings. The third-order valence-corrected chi connectivity index (χ3v) is 5.01. The minimum absolute atomic E-state index is 0.0969. The van der Waals surface area contributed by atoms with Gasteiger partial charge in [-0.1, -0.05) is 12.1 Å². The van der Waals surface area contributed by atoms with Gasteiger partial charge in [0.25, 0.3) is 5.69 Å². The van der Waals surface area contributed by atoms with E-state index in [2.05, 4.69) is 29.0 Å². The Labute approximate surface area is 160 Å². The predicted octanol–water partition coefficient (Wildman–Crippen LogP) is 3.35. The number of nitrogens with zero attached hydrogens (tertiary/aromatic N) is 3. The highest BCUT2D eigenvalue weighted by atomic mass is 16.6. The molecule has 1 fully saturated rings. The molecule has 3 rings (SSSR count). The molecule has 1 saturated heterocycles. The fraction of sp³-hybridized carbons (Fsp3) is 0.429. The van der Waals surface area contributed by atoms with Gasteiger partial charge in [0.05, 0.1) is 4.92 Å². The molecule has 2 aromatic carbocycles. The molecule has 6 heteroatoms. The van der Waals surface area contributed by atoms with Gasteiger partial charge in [-0.3, -0.25) is 10.1 Å². The summed E-state index contributed by atoms with van der Waals surface area (Å²) in [6.07, 6.45) is 2.25. The summed E-state index contributed by atoms with van der Waals surface area (Å²) in [6, 6.07) is 14.7. The van der Waals surface area contributed by atoms with Gasteiger partial charge >= 0.3 is 0 Å². The second-order valence-corrected chi connectivity index (χ2v) is 7.10. The maximum atomic E-state index is 10.7. The number of nitro benzene ring substituents is 1. The number of non-ortho nitro benzene ring substituents is 1. The molecular formula is C21H27N3O3. The Kier molecular flexibility index (Phi) is 6.79. The van der Waals surface area contributed by atoms with Crippen LogP contribution in [0, 0.1) is 10.1 Å². The first-order valence-corrected chi connectivity index (χ1v) is 9.46. The molecule has 0 N–H and O–H groups in total. The van der Waals surface area contributed by atoms with Crippen molar-refractivity contribution >= 4 is 5.69 Å². The molecule has 0 spiro atoms. The predicted molar refractivity (Wildman–Crippen MR) is 106 cm³/mol. The number of hydrogen-bond donors (Lipinski definition) is 0. The number of rotatable bonds is 8. The van der Waals surface area contributed by atoms with Crippen LogP contribution in [0.5, 0.6) is 5.75 Å². The van der Waals surface area contributed by atoms with Crippen LogP contribution in [0.1, 0.15) is 17.5 Å². The molecule has 6 nitrogen and oxygen atoms in total. The Morgan fingerprint density at radius 3 is 2.22 bits per heavy atom. The highest BCUT2D eigenvalue weighted by Crippen LogP contribution is 2.17. The third kappa shape index (κ3) is 6.05. The van der Waals surface area contributed by atoms with Crippen molar-refractivity contribution in [2.45, 2.75) is 19.4 Å². The summed E-state index contributed by atoms with van der Waals surface area (Å²) in [6.45, 7) is 6.24. The molecule has 0 amide bonds. The number of ether oxygens (including phenoxy) is 1. The molecule has 0 unspecified atom stereocenters. The number of aryl methyl sites for hydroxylation is 1. The van der Waals surface area contributed by atoms with Crippen molar-refractivity contribution in [3.05, 3.63) is 69.8 Å². The number of hydrogen-bond acceptors (Lipinski definition) is 5. The molecule has 0 aliphatic carbocycles. The molecule has 0 saturated carbocycles. The fourth-order valence-electron chi connectivity index (χ4n) is 3.21. The van der Waals surface area contributed by atoms with Gasteiger partial charge in [-0.2, -0.15) is 0 Å². The molecule has 1 aliphatic rings. The van der Waals surface area contributed by atoms with Crippen molar-refractivity contribution in [3.63, 3.8) is 0 Å². The van der Waals surface area contributed by atoms with Crippen LogP contribution >= 0.6 is 0 Å². The number of piperazine rings is 1. The normalized spacial score (nSPS) is 15.6. The zero-order valence-corrected chi connectivity index (χ0v) is 15.8. The van der Waals surface area contributed by atoms with E-state index in [4.69, 9.17) is 4.74 Å². The van der Waals surface area contributed by atoms with E-state index in [1.54, 1.807) is 12.1 Å². The minimum atomic E-state index is -0.396. The first-order valence-electron chi connectivity index (χ1n) is 9.46. The van der Waals surface area contributed by atoms with Gasteiger partial charge in [-0.15, -0.1) is 0 Å². The maximum absolute atomic E-state index is 10.7. The summed E-state index contributed by atoms with van der Waals surface area (Å²) in [5, 5.41) is 10.7. The molecule has 27 heavy (non-hydrogen) atoms. The van der Waals surface area contributed by atoms with E-state index < -0.39 is 4.92 Å². The van der Waals surface area contributed by atoms with Crippen LogP contribution in [0.25, 0.3) is 0 Å². The van der Waals surface area contributed by atoms with Crippen LogP contribution in [-0.4, -0.2) is 54.5 Å². The number of benzene rings is 2. The Morgan fingerprint density at radius 2 is 1.59 bits per heavy atom. The highest BCUT2D eigenvalue weighted by Gasteiger charge is 2.12. The Hall–Kier alpha value is -2.44. The quantitative estimate of drug-likeness (QED) is 0.527. The monoisotopic (exact) mass is 369 g/mol. The van der Waals surface area contributed by atoms with Gasteiger partial charge in [0.15, 0.2) is 0 Å². The van der Waals surface area contributed by atoms with Crippen molar-refractivity contribution in [2.24, 2.45) is 0 Å². The van der Waals surface area contributed by atoms with E-state index in [-0.39, 0.29) is 5.69 Å². The van der Waals surface area contributed by atoms with E-state index in [0.717, 1.165) is 24.3 Å². The van der Waals surface area contributed by atoms with E-state index >= 15 is 0 Å². The molecule has 0 aromatic heterocycles. The fourth-order valence-corrected chi connectivity index (χ4v) is 3.21. The van der Waals surface area contributed by atoms with E-state index in [1.807, 2.05) is 12.1 Å². The van der Waals surface area contributed by atoms with E-state index in [9.17, 15) is 10.1 Å². The van der Waals surface area contributed by atoms with E-state index in [1.165, 1.54) is 50.3 Å². The second-order valence-electron chi connectivity index (χ2n) is 7.10. The van der Waals surface area contributed by atoms with Crippen LogP contribution in [0.3, 0.4) is 0 Å². The average Bonchev–Trinajstić information content (AvgIpc) is 2.69. The average molecular weight is 369 g/mol. The molecule has 144 valence electrons. The largest absolute Gasteiger partial charge is 0.489 e. The van der Waals surface area contributed by atoms with Gasteiger partial charge in [0.2, 0.25) is 0 Å². The molecular weight excluding hydrogens is 342 g/mol. The number of nitro groups is 1. The van der Waals surface area contributed by atoms with Crippen LogP contribution in [0.2, 0.25) is 0 Å². The van der Waals surface area contributed by atoms with E-state index in [0.29, 0.717) is 6.61 Å². The lowest BCUT2D eigenvalue weighted by molar-refractivity contribution is -0.384. The summed E-state index contributed by atoms with van der Waals surface area (Å²) >= 11 is 0. The van der Waals surface area contributed by atoms with Gasteiger partial charge in [0.1, 0.15) is 12.4 Å². The molecule has 0 radical (unpaired) electrons. The van der Waals surface area contributed by atoms with Crippen LogP contribution < -0.4 is 4.74 Å². The first kappa shape index (κ1) is 19.3. The molecule has 0 bridgehead atoms. The van der Waals surface area contributed by atoms with Crippen molar-refractivity contribution < 1.29 is 9.66 Å². The summed E-state index contributed by atoms with van der Waals surface area (Å²) < 4.78 is 5.77. The van der Waals surface area contributed by atoms with Crippen molar-refractivity contribution in [1.82, 2.24) is 9.80 Å². The third-order valence-electron chi connectivity index (χ3n) is 5.01.